The van der Waals surface area contributed by atoms with Crippen molar-refractivity contribution in [3.05, 3.63) is 21.9 Å². The molecule has 156 valence electrons. The second-order valence-corrected chi connectivity index (χ2v) is 8.60. The van der Waals surface area contributed by atoms with E-state index in [0.29, 0.717) is 25.7 Å². The molecule has 7 heteroatoms. The van der Waals surface area contributed by atoms with E-state index in [4.69, 9.17) is 4.74 Å². The number of hydrogen-bond donors (Lipinski definition) is 2. The Kier molecular flexibility index (Phi) is 8.61. The molecular formula is C21H34N4O2S. The van der Waals surface area contributed by atoms with Crippen LogP contribution in [-0.4, -0.2) is 56.2 Å². The van der Waals surface area contributed by atoms with Gasteiger partial charge in [-0.2, -0.15) is 0 Å². The Balaban J connectivity index is 1.28. The summed E-state index contributed by atoms with van der Waals surface area (Å²) < 4.78 is 6.00. The molecule has 0 aromatic carbocycles. The van der Waals surface area contributed by atoms with Gasteiger partial charge in [-0.05, 0) is 36.3 Å². The number of hydrogen-bond acceptors (Lipinski definition) is 4. The Hall–Kier alpha value is -1.60. The van der Waals surface area contributed by atoms with Crippen LogP contribution >= 0.6 is 11.3 Å². The van der Waals surface area contributed by atoms with Crippen molar-refractivity contribution in [1.29, 1.82) is 0 Å². The van der Waals surface area contributed by atoms with E-state index in [-0.39, 0.29) is 5.91 Å². The highest BCUT2D eigenvalue weighted by molar-refractivity contribution is 7.10. The van der Waals surface area contributed by atoms with Gasteiger partial charge in [-0.25, -0.2) is 0 Å². The number of carbonyl (C=O) groups is 1. The summed E-state index contributed by atoms with van der Waals surface area (Å²) in [6.45, 7) is 3.61. The number of fused-ring (bicyclic) bond motifs is 1. The minimum Gasteiger partial charge on any atom is -0.376 e. The zero-order chi connectivity index (χ0) is 19.6. The summed E-state index contributed by atoms with van der Waals surface area (Å²) in [7, 11) is 1.76. The third-order valence-corrected chi connectivity index (χ3v) is 6.59. The summed E-state index contributed by atoms with van der Waals surface area (Å²) in [5, 5.41) is 8.64. The van der Waals surface area contributed by atoms with Crippen molar-refractivity contribution in [3.8, 4) is 0 Å². The van der Waals surface area contributed by atoms with Crippen LogP contribution in [-0.2, 0) is 22.5 Å². The minimum absolute atomic E-state index is 0.205. The zero-order valence-corrected chi connectivity index (χ0v) is 17.9. The van der Waals surface area contributed by atoms with E-state index in [2.05, 4.69) is 27.1 Å². The van der Waals surface area contributed by atoms with Crippen molar-refractivity contribution in [2.45, 2.75) is 64.0 Å². The predicted molar refractivity (Wildman–Crippen MR) is 115 cm³/mol. The van der Waals surface area contributed by atoms with Gasteiger partial charge in [0.25, 0.3) is 0 Å². The molecule has 1 fully saturated rings. The standard InChI is InChI=1S/C21H34N4O2S/c1-22-21(24-12-14-27-18-6-4-2-3-5-7-18)23-11-8-20(26)25-13-9-19-17(16-25)10-15-28-19/h10,15,18H,2-9,11-14,16H2,1H3,(H2,22,23,24). The largest absolute Gasteiger partial charge is 0.376 e. The molecule has 28 heavy (non-hydrogen) atoms. The molecule has 2 heterocycles. The number of ether oxygens (including phenoxy) is 1. The third-order valence-electron chi connectivity index (χ3n) is 5.57. The fourth-order valence-electron chi connectivity index (χ4n) is 3.93. The lowest BCUT2D eigenvalue weighted by atomic mass is 10.1. The number of aliphatic imine (C=N–C) groups is 1. The van der Waals surface area contributed by atoms with Gasteiger partial charge in [-0.1, -0.05) is 25.7 Å². The van der Waals surface area contributed by atoms with Crippen LogP contribution in [0, 0.1) is 0 Å². The number of thiophene rings is 1. The van der Waals surface area contributed by atoms with Gasteiger partial charge in [0.2, 0.25) is 5.91 Å². The summed E-state index contributed by atoms with van der Waals surface area (Å²) >= 11 is 1.80. The van der Waals surface area contributed by atoms with Crippen molar-refractivity contribution in [1.82, 2.24) is 15.5 Å². The lowest BCUT2D eigenvalue weighted by Gasteiger charge is -2.27. The maximum absolute atomic E-state index is 12.5. The molecule has 1 aromatic rings. The molecular weight excluding hydrogens is 372 g/mol. The highest BCUT2D eigenvalue weighted by Gasteiger charge is 2.21. The highest BCUT2D eigenvalue weighted by Crippen LogP contribution is 2.24. The van der Waals surface area contributed by atoms with Gasteiger partial charge in [-0.3, -0.25) is 9.79 Å². The molecule has 0 saturated heterocycles. The van der Waals surface area contributed by atoms with E-state index in [1.165, 1.54) is 49.0 Å². The van der Waals surface area contributed by atoms with Crippen molar-refractivity contribution in [2.24, 2.45) is 4.99 Å². The fraction of sp³-hybridized carbons (Fsp3) is 0.714. The molecule has 0 unspecified atom stereocenters. The Morgan fingerprint density at radius 1 is 1.25 bits per heavy atom. The fourth-order valence-corrected chi connectivity index (χ4v) is 4.82. The number of guanidine groups is 1. The van der Waals surface area contributed by atoms with Gasteiger partial charge < -0.3 is 20.3 Å². The van der Waals surface area contributed by atoms with Crippen LogP contribution in [0.4, 0.5) is 0 Å². The van der Waals surface area contributed by atoms with Gasteiger partial charge in [-0.15, -0.1) is 11.3 Å². The molecule has 1 aliphatic carbocycles. The Bertz CT molecular complexity index is 638. The van der Waals surface area contributed by atoms with Crippen LogP contribution in [0.5, 0.6) is 0 Å². The summed E-state index contributed by atoms with van der Waals surface area (Å²) in [4.78, 5) is 20.1. The predicted octanol–water partition coefficient (Wildman–Crippen LogP) is 2.93. The summed E-state index contributed by atoms with van der Waals surface area (Å²) in [6, 6.07) is 2.14. The van der Waals surface area contributed by atoms with E-state index in [1.54, 1.807) is 18.4 Å². The summed E-state index contributed by atoms with van der Waals surface area (Å²) in [6.07, 6.45) is 9.55. The van der Waals surface area contributed by atoms with E-state index in [1.807, 2.05) is 4.90 Å². The zero-order valence-electron chi connectivity index (χ0n) is 17.0. The number of nitrogens with one attached hydrogen (secondary N) is 2. The van der Waals surface area contributed by atoms with Crippen LogP contribution in [0.15, 0.2) is 16.4 Å². The average molecular weight is 407 g/mol. The molecule has 0 spiro atoms. The van der Waals surface area contributed by atoms with Crippen LogP contribution in [0.1, 0.15) is 55.4 Å². The Labute approximate surface area is 172 Å². The first-order valence-corrected chi connectivity index (χ1v) is 11.5. The van der Waals surface area contributed by atoms with Crippen LogP contribution in [0.2, 0.25) is 0 Å². The second-order valence-electron chi connectivity index (χ2n) is 7.59. The highest BCUT2D eigenvalue weighted by atomic mass is 32.1. The van der Waals surface area contributed by atoms with Gasteiger partial charge in [0.1, 0.15) is 0 Å². The van der Waals surface area contributed by atoms with Crippen molar-refractivity contribution in [3.63, 3.8) is 0 Å². The van der Waals surface area contributed by atoms with Crippen molar-refractivity contribution < 1.29 is 9.53 Å². The molecule has 2 N–H and O–H groups in total. The lowest BCUT2D eigenvalue weighted by Crippen LogP contribution is -2.42. The molecule has 6 nitrogen and oxygen atoms in total. The van der Waals surface area contributed by atoms with Gasteiger partial charge in [0.15, 0.2) is 5.96 Å². The monoisotopic (exact) mass is 406 g/mol. The molecule has 3 rings (SSSR count). The van der Waals surface area contributed by atoms with Gasteiger partial charge in [0, 0.05) is 44.5 Å². The molecule has 1 saturated carbocycles. The SMILES string of the molecule is CN=C(NCCOC1CCCCCC1)NCCC(=O)N1CCc2sccc2C1. The molecule has 0 radical (unpaired) electrons. The average Bonchev–Trinajstić information content (AvgIpc) is 3.03. The van der Waals surface area contributed by atoms with Crippen LogP contribution in [0.3, 0.4) is 0 Å². The Morgan fingerprint density at radius 3 is 2.82 bits per heavy atom. The maximum Gasteiger partial charge on any atom is 0.224 e. The number of carbonyl (C=O) groups excluding carboxylic acids is 1. The Morgan fingerprint density at radius 2 is 2.04 bits per heavy atom. The maximum atomic E-state index is 12.5. The van der Waals surface area contributed by atoms with Gasteiger partial charge in [0.05, 0.1) is 12.7 Å². The lowest BCUT2D eigenvalue weighted by molar-refractivity contribution is -0.131. The second kappa shape index (κ2) is 11.4. The first-order chi connectivity index (χ1) is 13.8. The molecule has 2 aliphatic rings. The molecule has 1 aromatic heterocycles. The smallest absolute Gasteiger partial charge is 0.224 e. The minimum atomic E-state index is 0.205. The van der Waals surface area contributed by atoms with E-state index in [0.717, 1.165) is 32.0 Å². The van der Waals surface area contributed by atoms with E-state index >= 15 is 0 Å². The number of rotatable bonds is 7. The number of amides is 1. The number of nitrogens with zero attached hydrogens (tertiary/aromatic N) is 2. The normalized spacial score (nSPS) is 18.5. The molecule has 0 atom stereocenters. The molecule has 1 aliphatic heterocycles. The summed E-state index contributed by atoms with van der Waals surface area (Å²) in [5.41, 5.74) is 1.31. The van der Waals surface area contributed by atoms with Crippen LogP contribution in [0.25, 0.3) is 0 Å². The van der Waals surface area contributed by atoms with E-state index < -0.39 is 0 Å². The van der Waals surface area contributed by atoms with Crippen molar-refractivity contribution >= 4 is 23.2 Å². The molecule has 1 amide bonds. The van der Waals surface area contributed by atoms with E-state index in [9.17, 15) is 4.79 Å². The quantitative estimate of drug-likeness (QED) is 0.316. The first-order valence-electron chi connectivity index (χ1n) is 10.7. The van der Waals surface area contributed by atoms with Crippen LogP contribution < -0.4 is 10.6 Å². The third kappa shape index (κ3) is 6.48. The topological polar surface area (TPSA) is 66.0 Å². The summed E-state index contributed by atoms with van der Waals surface area (Å²) in [5.74, 6) is 0.938. The first kappa shape index (κ1) is 21.1. The van der Waals surface area contributed by atoms with Gasteiger partial charge >= 0.3 is 0 Å². The van der Waals surface area contributed by atoms with Crippen molar-refractivity contribution in [2.75, 3.05) is 33.3 Å². The molecule has 0 bridgehead atoms.